The van der Waals surface area contributed by atoms with Crippen molar-refractivity contribution in [3.8, 4) is 0 Å². The molecule has 0 saturated carbocycles. The third kappa shape index (κ3) is 2.50. The highest BCUT2D eigenvalue weighted by molar-refractivity contribution is 6.18. The van der Waals surface area contributed by atoms with Gasteiger partial charge in [0, 0.05) is 23.9 Å². The van der Waals surface area contributed by atoms with E-state index in [1.54, 1.807) is 6.33 Å². The third-order valence-corrected chi connectivity index (χ3v) is 2.91. The number of fused-ring (bicyclic) bond motifs is 1. The van der Waals surface area contributed by atoms with Gasteiger partial charge in [-0.1, -0.05) is 12.1 Å². The van der Waals surface area contributed by atoms with Crippen molar-refractivity contribution in [3.63, 3.8) is 0 Å². The Labute approximate surface area is 106 Å². The molecular formula is C13H16ClN3. The molecule has 0 spiro atoms. The molecule has 4 heteroatoms. The van der Waals surface area contributed by atoms with Crippen LogP contribution in [0.4, 0.5) is 5.82 Å². The second-order valence-electron chi connectivity index (χ2n) is 4.19. The Morgan fingerprint density at radius 3 is 2.71 bits per heavy atom. The summed E-state index contributed by atoms with van der Waals surface area (Å²) >= 11 is 5.86. The summed E-state index contributed by atoms with van der Waals surface area (Å²) in [6.45, 7) is 5.08. The first-order chi connectivity index (χ1) is 8.24. The first-order valence-corrected chi connectivity index (χ1v) is 6.30. The highest BCUT2D eigenvalue weighted by Gasteiger charge is 2.14. The van der Waals surface area contributed by atoms with E-state index >= 15 is 0 Å². The molecule has 17 heavy (non-hydrogen) atoms. The number of benzene rings is 1. The highest BCUT2D eigenvalue weighted by atomic mass is 35.5. The molecule has 1 aromatic carbocycles. The fourth-order valence-electron chi connectivity index (χ4n) is 1.92. The van der Waals surface area contributed by atoms with Gasteiger partial charge in [0.1, 0.15) is 12.1 Å². The van der Waals surface area contributed by atoms with Gasteiger partial charge in [0.25, 0.3) is 0 Å². The van der Waals surface area contributed by atoms with Crippen molar-refractivity contribution in [2.75, 3.05) is 17.3 Å². The standard InChI is InChI=1S/C13H16ClN3/c1-10(2)17(8-7-14)13-11-5-3-4-6-12(11)15-9-16-13/h3-6,9-10H,7-8H2,1-2H3. The van der Waals surface area contributed by atoms with Gasteiger partial charge >= 0.3 is 0 Å². The van der Waals surface area contributed by atoms with Gasteiger partial charge in [-0.2, -0.15) is 0 Å². The van der Waals surface area contributed by atoms with Gasteiger partial charge < -0.3 is 4.90 Å². The van der Waals surface area contributed by atoms with Gasteiger partial charge in [0.2, 0.25) is 0 Å². The zero-order valence-electron chi connectivity index (χ0n) is 10.1. The zero-order chi connectivity index (χ0) is 12.3. The smallest absolute Gasteiger partial charge is 0.140 e. The molecule has 0 N–H and O–H groups in total. The molecule has 0 amide bonds. The molecule has 90 valence electrons. The van der Waals surface area contributed by atoms with Crippen LogP contribution in [0.15, 0.2) is 30.6 Å². The highest BCUT2D eigenvalue weighted by Crippen LogP contribution is 2.23. The van der Waals surface area contributed by atoms with Crippen LogP contribution in [0.25, 0.3) is 10.9 Å². The molecule has 0 fully saturated rings. The largest absolute Gasteiger partial charge is 0.352 e. The van der Waals surface area contributed by atoms with Crippen LogP contribution in [0.3, 0.4) is 0 Å². The number of nitrogens with zero attached hydrogens (tertiary/aromatic N) is 3. The van der Waals surface area contributed by atoms with E-state index in [0.29, 0.717) is 11.9 Å². The van der Waals surface area contributed by atoms with E-state index in [1.165, 1.54) is 0 Å². The van der Waals surface area contributed by atoms with E-state index in [4.69, 9.17) is 11.6 Å². The number of aromatic nitrogens is 2. The lowest BCUT2D eigenvalue weighted by Crippen LogP contribution is -2.33. The maximum Gasteiger partial charge on any atom is 0.140 e. The SMILES string of the molecule is CC(C)N(CCCl)c1ncnc2ccccc12. The van der Waals surface area contributed by atoms with Crippen molar-refractivity contribution < 1.29 is 0 Å². The number of halogens is 1. The lowest BCUT2D eigenvalue weighted by molar-refractivity contribution is 0.697. The normalized spacial score (nSPS) is 11.1. The number of para-hydroxylation sites is 1. The van der Waals surface area contributed by atoms with Crippen molar-refractivity contribution in [2.24, 2.45) is 0 Å². The fourth-order valence-corrected chi connectivity index (χ4v) is 2.10. The van der Waals surface area contributed by atoms with E-state index in [0.717, 1.165) is 23.3 Å². The Balaban J connectivity index is 2.52. The van der Waals surface area contributed by atoms with Crippen molar-refractivity contribution >= 4 is 28.3 Å². The molecule has 2 rings (SSSR count). The molecule has 0 radical (unpaired) electrons. The van der Waals surface area contributed by atoms with Crippen molar-refractivity contribution in [2.45, 2.75) is 19.9 Å². The van der Waals surface area contributed by atoms with Gasteiger partial charge in [-0.05, 0) is 26.0 Å². The van der Waals surface area contributed by atoms with Gasteiger partial charge in [-0.15, -0.1) is 11.6 Å². The number of rotatable bonds is 4. The molecule has 0 atom stereocenters. The summed E-state index contributed by atoms with van der Waals surface area (Å²) in [4.78, 5) is 10.9. The van der Waals surface area contributed by atoms with Crippen LogP contribution in [-0.2, 0) is 0 Å². The minimum absolute atomic E-state index is 0.368. The number of hydrogen-bond donors (Lipinski definition) is 0. The molecule has 2 aromatic rings. The number of hydrogen-bond acceptors (Lipinski definition) is 3. The molecule has 3 nitrogen and oxygen atoms in total. The van der Waals surface area contributed by atoms with Crippen LogP contribution in [-0.4, -0.2) is 28.4 Å². The quantitative estimate of drug-likeness (QED) is 0.780. The monoisotopic (exact) mass is 249 g/mol. The molecule has 0 aliphatic rings. The fraction of sp³-hybridized carbons (Fsp3) is 0.385. The Kier molecular flexibility index (Phi) is 3.79. The topological polar surface area (TPSA) is 29.0 Å². The molecular weight excluding hydrogens is 234 g/mol. The van der Waals surface area contributed by atoms with E-state index in [9.17, 15) is 0 Å². The third-order valence-electron chi connectivity index (χ3n) is 2.74. The maximum atomic E-state index is 5.86. The van der Waals surface area contributed by atoms with Crippen LogP contribution in [0.5, 0.6) is 0 Å². The summed E-state index contributed by atoms with van der Waals surface area (Å²) in [5.41, 5.74) is 0.970. The van der Waals surface area contributed by atoms with E-state index < -0.39 is 0 Å². The Morgan fingerprint density at radius 2 is 2.00 bits per heavy atom. The summed E-state index contributed by atoms with van der Waals surface area (Å²) in [6, 6.07) is 8.41. The van der Waals surface area contributed by atoms with Crippen LogP contribution in [0, 0.1) is 0 Å². The zero-order valence-corrected chi connectivity index (χ0v) is 10.9. The van der Waals surface area contributed by atoms with E-state index in [-0.39, 0.29) is 0 Å². The second kappa shape index (κ2) is 5.32. The van der Waals surface area contributed by atoms with Crippen molar-refractivity contribution in [3.05, 3.63) is 30.6 Å². The van der Waals surface area contributed by atoms with Crippen LogP contribution >= 0.6 is 11.6 Å². The Morgan fingerprint density at radius 1 is 1.24 bits per heavy atom. The number of alkyl halides is 1. The summed E-state index contributed by atoms with van der Waals surface area (Å²) in [6.07, 6.45) is 1.61. The minimum atomic E-state index is 0.368. The molecule has 0 aliphatic carbocycles. The molecule has 1 aromatic heterocycles. The average Bonchev–Trinajstić information content (AvgIpc) is 2.35. The summed E-state index contributed by atoms with van der Waals surface area (Å²) < 4.78 is 0. The molecule has 1 heterocycles. The van der Waals surface area contributed by atoms with Crippen molar-refractivity contribution in [1.29, 1.82) is 0 Å². The molecule has 0 saturated heterocycles. The number of anilines is 1. The van der Waals surface area contributed by atoms with Gasteiger partial charge in [0.05, 0.1) is 5.52 Å². The van der Waals surface area contributed by atoms with E-state index in [1.807, 2.05) is 24.3 Å². The average molecular weight is 250 g/mol. The summed E-state index contributed by atoms with van der Waals surface area (Å²) in [7, 11) is 0. The lowest BCUT2D eigenvalue weighted by atomic mass is 10.2. The minimum Gasteiger partial charge on any atom is -0.352 e. The summed E-state index contributed by atoms with van der Waals surface area (Å²) in [5, 5.41) is 1.08. The Hall–Kier alpha value is -1.35. The molecule has 0 aliphatic heterocycles. The van der Waals surface area contributed by atoms with Crippen LogP contribution in [0.2, 0.25) is 0 Å². The lowest BCUT2D eigenvalue weighted by Gasteiger charge is -2.27. The van der Waals surface area contributed by atoms with Gasteiger partial charge in [-0.25, -0.2) is 9.97 Å². The summed E-state index contributed by atoms with van der Waals surface area (Å²) in [5.74, 6) is 1.56. The maximum absolute atomic E-state index is 5.86. The van der Waals surface area contributed by atoms with Gasteiger partial charge in [-0.3, -0.25) is 0 Å². The second-order valence-corrected chi connectivity index (χ2v) is 4.57. The van der Waals surface area contributed by atoms with E-state index in [2.05, 4.69) is 28.7 Å². The van der Waals surface area contributed by atoms with Crippen molar-refractivity contribution in [1.82, 2.24) is 9.97 Å². The molecule has 0 bridgehead atoms. The predicted octanol–water partition coefficient (Wildman–Crippen LogP) is 3.08. The van der Waals surface area contributed by atoms with Crippen LogP contribution < -0.4 is 4.90 Å². The first-order valence-electron chi connectivity index (χ1n) is 5.76. The molecule has 0 unspecified atom stereocenters. The van der Waals surface area contributed by atoms with Crippen LogP contribution in [0.1, 0.15) is 13.8 Å². The van der Waals surface area contributed by atoms with Gasteiger partial charge in [0.15, 0.2) is 0 Å². The first kappa shape index (κ1) is 12.1. The predicted molar refractivity (Wildman–Crippen MR) is 72.7 cm³/mol. The Bertz CT molecular complexity index is 493.